The van der Waals surface area contributed by atoms with Crippen molar-refractivity contribution in [2.24, 2.45) is 28.6 Å². The smallest absolute Gasteiger partial charge is 0.315 e. The number of amides is 1. The van der Waals surface area contributed by atoms with E-state index in [9.17, 15) is 19.8 Å². The molecule has 1 heterocycles. The summed E-state index contributed by atoms with van der Waals surface area (Å²) < 4.78 is 5.48. The zero-order valence-corrected chi connectivity index (χ0v) is 17.4. The Labute approximate surface area is 176 Å². The summed E-state index contributed by atoms with van der Waals surface area (Å²) in [6.45, 7) is 6.40. The van der Waals surface area contributed by atoms with Crippen molar-refractivity contribution in [3.63, 3.8) is 0 Å². The van der Waals surface area contributed by atoms with Gasteiger partial charge in [0.25, 0.3) is 0 Å². The number of ether oxygens (including phenoxy) is 1. The maximum Gasteiger partial charge on any atom is 0.315 e. The van der Waals surface area contributed by atoms with Crippen LogP contribution in [0.25, 0.3) is 0 Å². The first-order valence-corrected chi connectivity index (χ1v) is 11.1. The highest BCUT2D eigenvalue weighted by molar-refractivity contribution is 5.87. The third-order valence-electron chi connectivity index (χ3n) is 8.85. The molecule has 4 aliphatic carbocycles. The lowest BCUT2D eigenvalue weighted by molar-refractivity contribution is -0.151. The van der Waals surface area contributed by atoms with Gasteiger partial charge < -0.3 is 25.4 Å². The van der Waals surface area contributed by atoms with Crippen molar-refractivity contribution in [2.45, 2.75) is 63.3 Å². The third-order valence-corrected chi connectivity index (χ3v) is 8.85. The summed E-state index contributed by atoms with van der Waals surface area (Å²) in [6.07, 6.45) is 3.88. The minimum Gasteiger partial charge on any atom is -0.455 e. The summed E-state index contributed by atoms with van der Waals surface area (Å²) in [4.78, 5) is 26.5. The number of rotatable bonds is 5. The number of hydrogen-bond donors (Lipinski definition) is 4. The van der Waals surface area contributed by atoms with Gasteiger partial charge in [-0.05, 0) is 68.4 Å². The van der Waals surface area contributed by atoms with Gasteiger partial charge in [-0.2, -0.15) is 0 Å². The predicted molar refractivity (Wildman–Crippen MR) is 107 cm³/mol. The molecule has 0 radical (unpaired) electrons. The molecule has 0 aromatic heterocycles. The number of allylic oxidation sites excluding steroid dienone is 1. The van der Waals surface area contributed by atoms with E-state index in [1.807, 2.05) is 6.08 Å². The van der Waals surface area contributed by atoms with Crippen LogP contribution >= 0.6 is 0 Å². The summed E-state index contributed by atoms with van der Waals surface area (Å²) in [7, 11) is 0. The number of nitrogens with one attached hydrogen (secondary N) is 1. The fourth-order valence-electron chi connectivity index (χ4n) is 7.44. The molecule has 5 rings (SSSR count). The highest BCUT2D eigenvalue weighted by atomic mass is 16.6. The third kappa shape index (κ3) is 2.31. The van der Waals surface area contributed by atoms with Gasteiger partial charge in [0.15, 0.2) is 0 Å². The molecule has 1 aliphatic heterocycles. The van der Waals surface area contributed by atoms with Crippen molar-refractivity contribution in [3.8, 4) is 0 Å². The molecule has 30 heavy (non-hydrogen) atoms. The molecule has 0 aromatic rings. The number of hydrogen-bond acceptors (Lipinski definition) is 6. The van der Waals surface area contributed by atoms with Gasteiger partial charge in [0, 0.05) is 19.1 Å². The van der Waals surface area contributed by atoms with Crippen LogP contribution in [0.1, 0.15) is 45.4 Å². The molecular weight excluding hydrogens is 386 g/mol. The van der Waals surface area contributed by atoms with E-state index in [0.29, 0.717) is 38.6 Å². The monoisotopic (exact) mass is 417 g/mol. The van der Waals surface area contributed by atoms with Gasteiger partial charge in [-0.15, -0.1) is 0 Å². The molecular formula is C23H31NO6. The zero-order valence-electron chi connectivity index (χ0n) is 17.4. The molecule has 1 unspecified atom stereocenters. The van der Waals surface area contributed by atoms with E-state index in [-0.39, 0.29) is 18.4 Å². The summed E-state index contributed by atoms with van der Waals surface area (Å²) in [5, 5.41) is 34.1. The van der Waals surface area contributed by atoms with E-state index in [4.69, 9.17) is 9.84 Å². The fourth-order valence-corrected chi connectivity index (χ4v) is 7.44. The average Bonchev–Trinajstić information content (AvgIpc) is 3.14. The molecule has 164 valence electrons. The normalized spacial score (nSPS) is 48.1. The summed E-state index contributed by atoms with van der Waals surface area (Å²) in [6, 6.07) is 0. The van der Waals surface area contributed by atoms with Crippen LogP contribution in [0.15, 0.2) is 23.8 Å². The highest BCUT2D eigenvalue weighted by Crippen LogP contribution is 2.74. The Hall–Kier alpha value is -1.70. The number of fused-ring (bicyclic) bond motifs is 6. The number of aliphatic hydroxyl groups is 3. The predicted octanol–water partition coefficient (Wildman–Crippen LogP) is 0.831. The fraction of sp³-hybridized carbons (Fsp3) is 0.739. The van der Waals surface area contributed by atoms with Gasteiger partial charge >= 0.3 is 5.97 Å². The molecule has 7 heteroatoms. The van der Waals surface area contributed by atoms with Crippen molar-refractivity contribution < 1.29 is 29.6 Å². The lowest BCUT2D eigenvalue weighted by atomic mass is 9.60. The highest BCUT2D eigenvalue weighted by Gasteiger charge is 2.75. The van der Waals surface area contributed by atoms with Crippen LogP contribution in [-0.4, -0.2) is 58.2 Å². The lowest BCUT2D eigenvalue weighted by Crippen LogP contribution is -2.52. The van der Waals surface area contributed by atoms with Crippen molar-refractivity contribution in [1.82, 2.24) is 5.32 Å². The maximum absolute atomic E-state index is 13.6. The first-order chi connectivity index (χ1) is 14.2. The Bertz CT molecular complexity index is 853. The molecule has 3 saturated carbocycles. The molecule has 7 nitrogen and oxygen atoms in total. The second-order valence-electron chi connectivity index (χ2n) is 10.3. The van der Waals surface area contributed by atoms with Gasteiger partial charge in [0.05, 0.1) is 11.5 Å². The van der Waals surface area contributed by atoms with Gasteiger partial charge in [-0.3, -0.25) is 9.59 Å². The minimum absolute atomic E-state index is 0.0686. The molecule has 8 atom stereocenters. The van der Waals surface area contributed by atoms with Crippen LogP contribution in [0.2, 0.25) is 0 Å². The maximum atomic E-state index is 13.6. The summed E-state index contributed by atoms with van der Waals surface area (Å²) >= 11 is 0. The van der Waals surface area contributed by atoms with E-state index in [2.05, 4.69) is 11.9 Å². The van der Waals surface area contributed by atoms with Crippen LogP contribution in [0, 0.1) is 28.6 Å². The van der Waals surface area contributed by atoms with E-state index < -0.39 is 46.4 Å². The standard InChI is InChI=1S/C23H31NO6/c1-12-10-22-11-23(12,29)6-5-14(22)13-9-15-18(26)21(2,20(28)30-15)16(13)17(22)19(27)24-7-3-4-8-25/h9,14-18,25-26,29H,1,3-8,10-11H2,2H3,(H,24,27)/t14-,15-,16+,17+,18-,21-,22-,23?/m0/s1. The number of aliphatic hydroxyl groups excluding tert-OH is 2. The first kappa shape index (κ1) is 20.2. The Morgan fingerprint density at radius 2 is 2.17 bits per heavy atom. The average molecular weight is 418 g/mol. The van der Waals surface area contributed by atoms with Crippen LogP contribution in [0.5, 0.6) is 0 Å². The minimum atomic E-state index is -1.17. The van der Waals surface area contributed by atoms with Crippen LogP contribution < -0.4 is 5.32 Å². The summed E-state index contributed by atoms with van der Waals surface area (Å²) in [5.74, 6) is -1.51. The van der Waals surface area contributed by atoms with Gasteiger partial charge in [0.1, 0.15) is 17.6 Å². The Balaban J connectivity index is 1.59. The number of carbonyl (C=O) groups excluding carboxylic acids is 2. The second kappa shape index (κ2) is 6.40. The quantitative estimate of drug-likeness (QED) is 0.299. The Morgan fingerprint density at radius 3 is 2.90 bits per heavy atom. The molecule has 1 amide bonds. The van der Waals surface area contributed by atoms with Crippen molar-refractivity contribution in [1.29, 1.82) is 0 Å². The van der Waals surface area contributed by atoms with Gasteiger partial charge in [-0.1, -0.05) is 12.2 Å². The Morgan fingerprint density at radius 1 is 1.40 bits per heavy atom. The first-order valence-electron chi connectivity index (χ1n) is 11.1. The summed E-state index contributed by atoms with van der Waals surface area (Å²) in [5.41, 5.74) is -0.795. The zero-order chi connectivity index (χ0) is 21.5. The van der Waals surface area contributed by atoms with Gasteiger partial charge in [-0.25, -0.2) is 0 Å². The van der Waals surface area contributed by atoms with E-state index in [0.717, 1.165) is 17.6 Å². The number of esters is 1. The lowest BCUT2D eigenvalue weighted by Gasteiger charge is -2.42. The molecule has 4 bridgehead atoms. The molecule has 4 N–H and O–H groups in total. The molecule has 1 saturated heterocycles. The van der Waals surface area contributed by atoms with Crippen molar-refractivity contribution in [2.75, 3.05) is 13.2 Å². The second-order valence-corrected chi connectivity index (χ2v) is 10.3. The van der Waals surface area contributed by atoms with E-state index in [1.54, 1.807) is 6.92 Å². The van der Waals surface area contributed by atoms with Crippen LogP contribution in [-0.2, 0) is 14.3 Å². The SMILES string of the molecule is C=C1C[C@]23CC1(O)CC[C@H]2C1=C[C@@H]2OC(=O)[C@@](C)([C@H]1[C@@H]3C(=O)NCCCCO)[C@H]2O. The largest absolute Gasteiger partial charge is 0.455 e. The van der Waals surface area contributed by atoms with E-state index >= 15 is 0 Å². The number of carbonyl (C=O) groups is 2. The van der Waals surface area contributed by atoms with Crippen LogP contribution in [0.3, 0.4) is 0 Å². The molecule has 4 fully saturated rings. The van der Waals surface area contributed by atoms with Gasteiger partial charge in [0.2, 0.25) is 5.91 Å². The van der Waals surface area contributed by atoms with E-state index in [1.165, 1.54) is 0 Å². The van der Waals surface area contributed by atoms with Crippen molar-refractivity contribution in [3.05, 3.63) is 23.8 Å². The molecule has 5 aliphatic rings. The number of unbranched alkanes of at least 4 members (excludes halogenated alkanes) is 1. The Kier molecular flexibility index (Phi) is 4.32. The van der Waals surface area contributed by atoms with Crippen LogP contribution in [0.4, 0.5) is 0 Å². The topological polar surface area (TPSA) is 116 Å². The molecule has 1 spiro atoms. The van der Waals surface area contributed by atoms with Crippen molar-refractivity contribution >= 4 is 11.9 Å². The molecule has 0 aromatic carbocycles.